The summed E-state index contributed by atoms with van der Waals surface area (Å²) >= 11 is 0. The summed E-state index contributed by atoms with van der Waals surface area (Å²) in [6.07, 6.45) is 9.12. The minimum absolute atomic E-state index is 0.0809. The van der Waals surface area contributed by atoms with Gasteiger partial charge in [0.2, 0.25) is 5.91 Å². The van der Waals surface area contributed by atoms with E-state index in [0.717, 1.165) is 43.6 Å². The van der Waals surface area contributed by atoms with Crippen molar-refractivity contribution in [2.45, 2.75) is 77.9 Å². The van der Waals surface area contributed by atoms with Crippen molar-refractivity contribution >= 4 is 5.91 Å². The van der Waals surface area contributed by atoms with E-state index in [-0.39, 0.29) is 12.2 Å². The van der Waals surface area contributed by atoms with Crippen LogP contribution in [0.25, 0.3) is 0 Å². The second-order valence-electron chi connectivity index (χ2n) is 8.08. The van der Waals surface area contributed by atoms with Gasteiger partial charge in [0.25, 0.3) is 0 Å². The van der Waals surface area contributed by atoms with Crippen molar-refractivity contribution in [3.63, 3.8) is 0 Å². The lowest BCUT2D eigenvalue weighted by Crippen LogP contribution is -2.42. The number of fused-ring (bicyclic) bond motifs is 2. The van der Waals surface area contributed by atoms with Crippen LogP contribution in [0.15, 0.2) is 0 Å². The molecule has 1 saturated heterocycles. The third-order valence-corrected chi connectivity index (χ3v) is 5.94. The minimum atomic E-state index is 0.0809. The molecule has 0 aromatic heterocycles. The van der Waals surface area contributed by atoms with E-state index in [4.69, 9.17) is 0 Å². The number of hydrogen-bond acceptors (Lipinski definition) is 2. The summed E-state index contributed by atoms with van der Waals surface area (Å²) < 4.78 is 0. The highest BCUT2D eigenvalue weighted by molar-refractivity contribution is 5.84. The Balaban J connectivity index is 1.65. The second kappa shape index (κ2) is 6.28. The summed E-state index contributed by atoms with van der Waals surface area (Å²) in [6, 6.07) is 0.0809. The molecule has 0 aromatic carbocycles. The fourth-order valence-electron chi connectivity index (χ4n) is 4.95. The van der Waals surface area contributed by atoms with E-state index >= 15 is 0 Å². The molecule has 120 valence electrons. The van der Waals surface area contributed by atoms with Gasteiger partial charge in [-0.05, 0) is 55.8 Å². The molecule has 1 N–H and O–H groups in total. The maximum atomic E-state index is 12.7. The number of carbonyl (C=O) groups is 1. The molecule has 0 aromatic rings. The molecule has 3 rings (SSSR count). The fraction of sp³-hybridized carbons (Fsp3) is 0.944. The molecule has 0 spiro atoms. The molecule has 1 aliphatic heterocycles. The quantitative estimate of drug-likeness (QED) is 0.814. The van der Waals surface area contributed by atoms with E-state index in [1.807, 2.05) is 0 Å². The average molecular weight is 292 g/mol. The summed E-state index contributed by atoms with van der Waals surface area (Å²) in [5.74, 6) is 3.68. The van der Waals surface area contributed by atoms with Crippen LogP contribution in [0.1, 0.15) is 65.7 Å². The monoisotopic (exact) mass is 292 g/mol. The molecule has 1 amide bonds. The predicted octanol–water partition coefficient (Wildman–Crippen LogP) is 3.40. The zero-order chi connectivity index (χ0) is 15.0. The number of rotatable bonds is 6. The molecule has 3 heteroatoms. The Morgan fingerprint density at radius 2 is 2.10 bits per heavy atom. The van der Waals surface area contributed by atoms with Gasteiger partial charge in [0.1, 0.15) is 0 Å². The summed E-state index contributed by atoms with van der Waals surface area (Å²) in [7, 11) is 0. The van der Waals surface area contributed by atoms with E-state index in [0.29, 0.717) is 11.8 Å². The molecule has 3 aliphatic rings. The topological polar surface area (TPSA) is 32.3 Å². The number of nitrogens with zero attached hydrogens (tertiary/aromatic N) is 1. The Hall–Kier alpha value is -0.570. The molecule has 3 fully saturated rings. The molecular weight excluding hydrogens is 260 g/mol. The molecule has 21 heavy (non-hydrogen) atoms. The van der Waals surface area contributed by atoms with E-state index in [9.17, 15) is 4.79 Å². The van der Waals surface area contributed by atoms with Gasteiger partial charge in [-0.3, -0.25) is 10.1 Å². The van der Waals surface area contributed by atoms with Crippen molar-refractivity contribution < 1.29 is 4.79 Å². The van der Waals surface area contributed by atoms with Gasteiger partial charge in [-0.15, -0.1) is 0 Å². The van der Waals surface area contributed by atoms with Gasteiger partial charge in [-0.1, -0.05) is 33.6 Å². The van der Waals surface area contributed by atoms with Crippen molar-refractivity contribution in [1.82, 2.24) is 10.2 Å². The lowest BCUT2D eigenvalue weighted by atomic mass is 9.88. The van der Waals surface area contributed by atoms with E-state index < -0.39 is 0 Å². The van der Waals surface area contributed by atoms with Crippen molar-refractivity contribution in [3.05, 3.63) is 0 Å². The smallest absolute Gasteiger partial charge is 0.241 e. The number of amides is 1. The standard InChI is InChI=1S/C18H32N2O/c1-4-5-16-18(21)20(17(19-16)8-12(2)3)11-15-10-13-6-7-14(15)9-13/h12-17,19H,4-11H2,1-3H3. The molecule has 0 radical (unpaired) electrons. The highest BCUT2D eigenvalue weighted by Gasteiger charge is 2.44. The predicted molar refractivity (Wildman–Crippen MR) is 85.7 cm³/mol. The van der Waals surface area contributed by atoms with Crippen LogP contribution in [0.4, 0.5) is 0 Å². The molecule has 2 aliphatic carbocycles. The lowest BCUT2D eigenvalue weighted by molar-refractivity contribution is -0.131. The number of nitrogens with one attached hydrogen (secondary N) is 1. The van der Waals surface area contributed by atoms with Crippen molar-refractivity contribution in [1.29, 1.82) is 0 Å². The first-order valence-corrected chi connectivity index (χ1v) is 9.15. The average Bonchev–Trinajstić information content (AvgIpc) is 3.10. The van der Waals surface area contributed by atoms with Gasteiger partial charge < -0.3 is 4.90 Å². The maximum Gasteiger partial charge on any atom is 0.241 e. The third-order valence-electron chi connectivity index (χ3n) is 5.94. The highest BCUT2D eigenvalue weighted by atomic mass is 16.2. The Morgan fingerprint density at radius 1 is 1.29 bits per heavy atom. The van der Waals surface area contributed by atoms with Crippen LogP contribution in [-0.2, 0) is 4.79 Å². The normalized spacial score (nSPS) is 39.0. The van der Waals surface area contributed by atoms with Crippen LogP contribution in [-0.4, -0.2) is 29.6 Å². The Labute approximate surface area is 129 Å². The number of carbonyl (C=O) groups excluding carboxylic acids is 1. The van der Waals surface area contributed by atoms with Gasteiger partial charge in [0, 0.05) is 6.54 Å². The first-order chi connectivity index (χ1) is 10.1. The second-order valence-corrected chi connectivity index (χ2v) is 8.08. The van der Waals surface area contributed by atoms with Crippen LogP contribution in [0.5, 0.6) is 0 Å². The zero-order valence-corrected chi connectivity index (χ0v) is 14.0. The van der Waals surface area contributed by atoms with Crippen LogP contribution in [0.2, 0.25) is 0 Å². The lowest BCUT2D eigenvalue weighted by Gasteiger charge is -2.31. The van der Waals surface area contributed by atoms with Gasteiger partial charge in [-0.25, -0.2) is 0 Å². The van der Waals surface area contributed by atoms with Crippen LogP contribution >= 0.6 is 0 Å². The fourth-order valence-corrected chi connectivity index (χ4v) is 4.95. The molecule has 2 saturated carbocycles. The minimum Gasteiger partial charge on any atom is -0.325 e. The van der Waals surface area contributed by atoms with Crippen LogP contribution < -0.4 is 5.32 Å². The van der Waals surface area contributed by atoms with Gasteiger partial charge in [-0.2, -0.15) is 0 Å². The Kier molecular flexibility index (Phi) is 4.58. The molecule has 5 atom stereocenters. The molecule has 2 bridgehead atoms. The van der Waals surface area contributed by atoms with Crippen LogP contribution in [0, 0.1) is 23.7 Å². The van der Waals surface area contributed by atoms with E-state index in [1.54, 1.807) is 0 Å². The summed E-state index contributed by atoms with van der Waals surface area (Å²) in [5, 5.41) is 3.62. The molecular formula is C18H32N2O. The summed E-state index contributed by atoms with van der Waals surface area (Å²) in [6.45, 7) is 7.71. The molecule has 3 nitrogen and oxygen atoms in total. The maximum absolute atomic E-state index is 12.7. The first kappa shape index (κ1) is 15.3. The zero-order valence-electron chi connectivity index (χ0n) is 14.0. The van der Waals surface area contributed by atoms with Gasteiger partial charge in [0.05, 0.1) is 12.2 Å². The first-order valence-electron chi connectivity index (χ1n) is 9.15. The van der Waals surface area contributed by atoms with Crippen LogP contribution in [0.3, 0.4) is 0 Å². The van der Waals surface area contributed by atoms with Crippen molar-refractivity contribution in [2.75, 3.05) is 6.54 Å². The number of hydrogen-bond donors (Lipinski definition) is 1. The highest BCUT2D eigenvalue weighted by Crippen LogP contribution is 2.48. The largest absolute Gasteiger partial charge is 0.325 e. The van der Waals surface area contributed by atoms with Gasteiger partial charge in [0.15, 0.2) is 0 Å². The Bertz CT molecular complexity index is 381. The van der Waals surface area contributed by atoms with Crippen molar-refractivity contribution in [2.24, 2.45) is 23.7 Å². The summed E-state index contributed by atoms with van der Waals surface area (Å²) in [5.41, 5.74) is 0. The van der Waals surface area contributed by atoms with E-state index in [1.165, 1.54) is 25.7 Å². The molecule has 5 unspecified atom stereocenters. The molecule has 1 heterocycles. The SMILES string of the molecule is CCCC1NC(CC(C)C)N(CC2CC3CCC2C3)C1=O. The Morgan fingerprint density at radius 3 is 2.67 bits per heavy atom. The van der Waals surface area contributed by atoms with Crippen molar-refractivity contribution in [3.8, 4) is 0 Å². The van der Waals surface area contributed by atoms with E-state index in [2.05, 4.69) is 31.0 Å². The van der Waals surface area contributed by atoms with Gasteiger partial charge >= 0.3 is 0 Å². The summed E-state index contributed by atoms with van der Waals surface area (Å²) in [4.78, 5) is 15.0. The third kappa shape index (κ3) is 3.13.